The van der Waals surface area contributed by atoms with Gasteiger partial charge in [-0.2, -0.15) is 17.6 Å². The van der Waals surface area contributed by atoms with E-state index < -0.39 is 80.3 Å². The Morgan fingerprint density at radius 3 is 2.06 bits per heavy atom. The van der Waals surface area contributed by atoms with Gasteiger partial charge in [0.05, 0.1) is 17.5 Å². The summed E-state index contributed by atoms with van der Waals surface area (Å²) < 4.78 is 93.3. The molecule has 0 bridgehead atoms. The number of aromatic amines is 1. The van der Waals surface area contributed by atoms with Gasteiger partial charge in [-0.3, -0.25) is 9.59 Å². The van der Waals surface area contributed by atoms with E-state index in [9.17, 15) is 27.6 Å². The van der Waals surface area contributed by atoms with Crippen LogP contribution >= 0.6 is 11.6 Å². The average Bonchev–Trinajstić information content (AvgIpc) is 3.80. The zero-order valence-electron chi connectivity index (χ0n) is 29.1. The number of benzene rings is 2. The number of rotatable bonds is 14. The molecule has 1 saturated carbocycles. The quantitative estimate of drug-likeness (QED) is 0.0664. The van der Waals surface area contributed by atoms with Crippen molar-refractivity contribution in [3.63, 3.8) is 0 Å². The Bertz CT molecular complexity index is 2120. The standard InChI is InChI=1S/C35H37ClF6N6O4/c1-7-24(49)32(2,3)47-19-12-21-26(23(38)14-19)44-30(46-28(21)50)35(41,42)9-8-16-10-17(16)15-52-31(51)33(4,5)48-18-11-20-25(22(37)13-18)43-29(34(6,39)40)45-27(20)36/h11-14,16-17,47-48H,7-10,15H2,1-6H3,(H,44,46,50)/t16?,17-/m1/s1. The Kier molecular flexibility index (Phi) is 10.3. The fourth-order valence-electron chi connectivity index (χ4n) is 5.87. The van der Waals surface area contributed by atoms with Crippen LogP contribution in [-0.2, 0) is 26.2 Å². The first-order chi connectivity index (χ1) is 24.0. The van der Waals surface area contributed by atoms with E-state index >= 15 is 13.2 Å². The van der Waals surface area contributed by atoms with Gasteiger partial charge in [0.25, 0.3) is 5.56 Å². The zero-order valence-corrected chi connectivity index (χ0v) is 29.9. The molecule has 5 rings (SSSR count). The number of Topliss-reactive ketones (excluding diaryl/α,β-unsaturated/α-hetero) is 1. The molecule has 1 aliphatic carbocycles. The Morgan fingerprint density at radius 2 is 1.46 bits per heavy atom. The zero-order chi connectivity index (χ0) is 38.6. The highest BCUT2D eigenvalue weighted by Gasteiger charge is 2.43. The number of H-pyrrole nitrogens is 1. The summed E-state index contributed by atoms with van der Waals surface area (Å²) in [6.07, 6.45) is -0.00220. The fourth-order valence-corrected chi connectivity index (χ4v) is 6.09. The normalized spacial score (nSPS) is 16.6. The molecule has 4 aromatic rings. The number of aromatic nitrogens is 4. The number of ketones is 1. The van der Waals surface area contributed by atoms with Crippen LogP contribution in [0.3, 0.4) is 0 Å². The molecule has 1 unspecified atom stereocenters. The van der Waals surface area contributed by atoms with E-state index in [-0.39, 0.29) is 59.2 Å². The average molecular weight is 755 g/mol. The molecule has 52 heavy (non-hydrogen) atoms. The Morgan fingerprint density at radius 1 is 0.885 bits per heavy atom. The molecule has 0 radical (unpaired) electrons. The number of halogens is 7. The molecule has 2 heterocycles. The van der Waals surface area contributed by atoms with Crippen molar-refractivity contribution in [1.29, 1.82) is 0 Å². The largest absolute Gasteiger partial charge is 0.464 e. The molecule has 1 fully saturated rings. The molecule has 17 heteroatoms. The van der Waals surface area contributed by atoms with Gasteiger partial charge in [-0.15, -0.1) is 0 Å². The molecule has 2 aromatic heterocycles. The minimum Gasteiger partial charge on any atom is -0.464 e. The van der Waals surface area contributed by atoms with Crippen molar-refractivity contribution in [1.82, 2.24) is 19.9 Å². The van der Waals surface area contributed by atoms with Crippen molar-refractivity contribution in [3.05, 3.63) is 63.1 Å². The maximum Gasteiger partial charge on any atom is 0.331 e. The van der Waals surface area contributed by atoms with E-state index in [0.717, 1.165) is 12.1 Å². The second-order valence-corrected chi connectivity index (χ2v) is 14.6. The minimum absolute atomic E-state index is 0.00460. The molecule has 10 nitrogen and oxygen atoms in total. The Balaban J connectivity index is 1.18. The molecule has 0 saturated heterocycles. The van der Waals surface area contributed by atoms with Gasteiger partial charge in [0.1, 0.15) is 21.7 Å². The van der Waals surface area contributed by atoms with Gasteiger partial charge in [-0.1, -0.05) is 18.5 Å². The minimum atomic E-state index is -3.61. The van der Waals surface area contributed by atoms with Gasteiger partial charge in [-0.05, 0) is 76.6 Å². The number of anilines is 2. The number of nitrogens with one attached hydrogen (secondary N) is 3. The first kappa shape index (κ1) is 38.8. The van der Waals surface area contributed by atoms with Crippen molar-refractivity contribution in [2.45, 2.75) is 90.1 Å². The van der Waals surface area contributed by atoms with E-state index in [0.29, 0.717) is 13.3 Å². The number of carbonyl (C=O) groups excluding carboxylic acids is 2. The maximum absolute atomic E-state index is 15.3. The third kappa shape index (κ3) is 8.26. The number of fused-ring (bicyclic) bond motifs is 2. The van der Waals surface area contributed by atoms with Crippen molar-refractivity contribution in [2.24, 2.45) is 11.8 Å². The van der Waals surface area contributed by atoms with Crippen LogP contribution in [0.15, 0.2) is 29.1 Å². The predicted molar refractivity (Wildman–Crippen MR) is 183 cm³/mol. The van der Waals surface area contributed by atoms with E-state index in [2.05, 4.69) is 30.6 Å². The van der Waals surface area contributed by atoms with Gasteiger partial charge >= 0.3 is 17.8 Å². The maximum atomic E-state index is 15.3. The topological polar surface area (TPSA) is 139 Å². The first-order valence-electron chi connectivity index (χ1n) is 16.5. The predicted octanol–water partition coefficient (Wildman–Crippen LogP) is 8.02. The lowest BCUT2D eigenvalue weighted by Crippen LogP contribution is -2.42. The van der Waals surface area contributed by atoms with E-state index in [4.69, 9.17) is 16.3 Å². The van der Waals surface area contributed by atoms with Crippen LogP contribution in [0, 0.1) is 23.5 Å². The number of carbonyl (C=O) groups is 2. The summed E-state index contributed by atoms with van der Waals surface area (Å²) in [5.41, 5.74) is -4.20. The monoisotopic (exact) mass is 754 g/mol. The van der Waals surface area contributed by atoms with E-state index in [1.807, 2.05) is 0 Å². The summed E-state index contributed by atoms with van der Waals surface area (Å²) >= 11 is 6.05. The second-order valence-electron chi connectivity index (χ2n) is 14.2. The third-order valence-electron chi connectivity index (χ3n) is 8.98. The number of hydrogen-bond acceptors (Lipinski definition) is 9. The lowest BCUT2D eigenvalue weighted by molar-refractivity contribution is -0.148. The lowest BCUT2D eigenvalue weighted by Gasteiger charge is -2.26. The molecule has 2 atom stereocenters. The number of esters is 1. The van der Waals surface area contributed by atoms with Crippen LogP contribution in [0.5, 0.6) is 0 Å². The highest BCUT2D eigenvalue weighted by Crippen LogP contribution is 2.45. The molecule has 0 aliphatic heterocycles. The van der Waals surface area contributed by atoms with Crippen LogP contribution in [0.2, 0.25) is 5.15 Å². The number of nitrogens with zero attached hydrogens (tertiary/aromatic N) is 3. The smallest absolute Gasteiger partial charge is 0.331 e. The van der Waals surface area contributed by atoms with Gasteiger partial charge in [0, 0.05) is 36.5 Å². The second kappa shape index (κ2) is 13.8. The number of hydrogen-bond donors (Lipinski definition) is 3. The van der Waals surface area contributed by atoms with Crippen molar-refractivity contribution in [2.75, 3.05) is 17.2 Å². The number of alkyl halides is 4. The third-order valence-corrected chi connectivity index (χ3v) is 9.27. The van der Waals surface area contributed by atoms with E-state index in [1.54, 1.807) is 20.8 Å². The Hall–Kier alpha value is -4.47. The molecular weight excluding hydrogens is 718 g/mol. The molecule has 0 spiro atoms. The molecule has 280 valence electrons. The first-order valence-corrected chi connectivity index (χ1v) is 16.8. The van der Waals surface area contributed by atoms with Crippen molar-refractivity contribution in [3.8, 4) is 0 Å². The highest BCUT2D eigenvalue weighted by molar-refractivity contribution is 6.34. The van der Waals surface area contributed by atoms with Crippen molar-refractivity contribution < 1.29 is 40.7 Å². The Labute approximate surface area is 299 Å². The van der Waals surface area contributed by atoms with Gasteiger partial charge in [-0.25, -0.2) is 28.5 Å². The van der Waals surface area contributed by atoms with Crippen LogP contribution in [0.1, 0.15) is 78.9 Å². The van der Waals surface area contributed by atoms with Crippen LogP contribution in [0.25, 0.3) is 21.8 Å². The van der Waals surface area contributed by atoms with Crippen LogP contribution in [0.4, 0.5) is 37.7 Å². The molecule has 1 aliphatic rings. The summed E-state index contributed by atoms with van der Waals surface area (Å²) in [6, 6.07) is 4.52. The summed E-state index contributed by atoms with van der Waals surface area (Å²) in [5.74, 6) is -12.3. The van der Waals surface area contributed by atoms with Gasteiger partial charge < -0.3 is 20.4 Å². The van der Waals surface area contributed by atoms with Crippen LogP contribution < -0.4 is 16.2 Å². The molecule has 0 amide bonds. The van der Waals surface area contributed by atoms with Crippen molar-refractivity contribution >= 4 is 56.5 Å². The summed E-state index contributed by atoms with van der Waals surface area (Å²) in [6.45, 7) is 8.28. The highest BCUT2D eigenvalue weighted by atomic mass is 35.5. The lowest BCUT2D eigenvalue weighted by atomic mass is 9.96. The van der Waals surface area contributed by atoms with Crippen LogP contribution in [-0.4, -0.2) is 49.4 Å². The summed E-state index contributed by atoms with van der Waals surface area (Å²) in [7, 11) is 0. The molecule has 2 aromatic carbocycles. The fraction of sp³-hybridized carbons (Fsp3) is 0.486. The number of ether oxygens (including phenoxy) is 1. The van der Waals surface area contributed by atoms with E-state index in [1.165, 1.54) is 26.0 Å². The molecular formula is C35H37ClF6N6O4. The summed E-state index contributed by atoms with van der Waals surface area (Å²) in [5, 5.41) is 4.98. The summed E-state index contributed by atoms with van der Waals surface area (Å²) in [4.78, 5) is 50.9. The van der Waals surface area contributed by atoms with Gasteiger partial charge in [0.15, 0.2) is 23.2 Å². The molecule has 3 N–H and O–H groups in total. The SMILES string of the molecule is CCC(=O)C(C)(C)Nc1cc(F)c2nc(C(F)(F)CCC3C[C@@H]3COC(=O)C(C)(C)Nc3cc(F)c4nc(C(C)(F)F)nc(Cl)c4c3)[nH]c(=O)c2c1. The van der Waals surface area contributed by atoms with Gasteiger partial charge in [0.2, 0.25) is 5.82 Å².